The van der Waals surface area contributed by atoms with Gasteiger partial charge in [0, 0.05) is 5.56 Å². The van der Waals surface area contributed by atoms with Crippen molar-refractivity contribution in [2.75, 3.05) is 0 Å². The standard InChI is InChI=1S/C30H28N2O3/c1-30(2,3)24-16-12-22(13-17-24)14-18-25(33)19-15-23-8-4-7-11-28(23)35-21-32-20-31-27-10-6-5-9-26(27)29(32)34/h4-20H,21H2,1-3H3/b18-14+,19-15+. The van der Waals surface area contributed by atoms with Crippen molar-refractivity contribution in [1.29, 1.82) is 0 Å². The monoisotopic (exact) mass is 464 g/mol. The lowest BCUT2D eigenvalue weighted by atomic mass is 9.87. The second-order valence-corrected chi connectivity index (χ2v) is 9.29. The fourth-order valence-corrected chi connectivity index (χ4v) is 3.59. The molecular weight excluding hydrogens is 436 g/mol. The predicted octanol–water partition coefficient (Wildman–Crippen LogP) is 6.03. The van der Waals surface area contributed by atoms with Gasteiger partial charge in [-0.15, -0.1) is 0 Å². The van der Waals surface area contributed by atoms with Crippen LogP contribution >= 0.6 is 0 Å². The molecule has 0 aliphatic carbocycles. The first kappa shape index (κ1) is 23.9. The molecule has 0 bridgehead atoms. The highest BCUT2D eigenvalue weighted by molar-refractivity contribution is 6.04. The summed E-state index contributed by atoms with van der Waals surface area (Å²) >= 11 is 0. The lowest BCUT2D eigenvalue weighted by Crippen LogP contribution is -2.23. The molecule has 176 valence electrons. The van der Waals surface area contributed by atoms with Gasteiger partial charge >= 0.3 is 0 Å². The highest BCUT2D eigenvalue weighted by Crippen LogP contribution is 2.23. The normalized spacial score (nSPS) is 12.0. The quantitative estimate of drug-likeness (QED) is 0.314. The Labute approximate surface area is 205 Å². The first-order valence-corrected chi connectivity index (χ1v) is 11.5. The summed E-state index contributed by atoms with van der Waals surface area (Å²) in [6.45, 7) is 6.53. The number of para-hydroxylation sites is 2. The van der Waals surface area contributed by atoms with Gasteiger partial charge in [0.05, 0.1) is 10.9 Å². The van der Waals surface area contributed by atoms with Crippen LogP contribution in [0.1, 0.15) is 37.5 Å². The van der Waals surface area contributed by atoms with Gasteiger partial charge < -0.3 is 4.74 Å². The van der Waals surface area contributed by atoms with Gasteiger partial charge in [-0.1, -0.05) is 81.4 Å². The zero-order valence-corrected chi connectivity index (χ0v) is 20.1. The predicted molar refractivity (Wildman–Crippen MR) is 141 cm³/mol. The molecule has 5 heteroatoms. The first-order chi connectivity index (χ1) is 16.8. The average Bonchev–Trinajstić information content (AvgIpc) is 2.86. The summed E-state index contributed by atoms with van der Waals surface area (Å²) in [5, 5.41) is 0.539. The number of hydrogen-bond donors (Lipinski definition) is 0. The third-order valence-electron chi connectivity index (χ3n) is 5.65. The molecule has 4 aromatic rings. The molecule has 0 unspecified atom stereocenters. The summed E-state index contributed by atoms with van der Waals surface area (Å²) in [4.78, 5) is 29.4. The zero-order chi connectivity index (χ0) is 24.8. The molecule has 0 aliphatic rings. The number of benzene rings is 3. The van der Waals surface area contributed by atoms with Gasteiger partial charge in [-0.2, -0.15) is 0 Å². The van der Waals surface area contributed by atoms with E-state index < -0.39 is 0 Å². The van der Waals surface area contributed by atoms with Crippen molar-refractivity contribution in [2.24, 2.45) is 0 Å². The molecule has 0 amide bonds. The highest BCUT2D eigenvalue weighted by Gasteiger charge is 2.12. The minimum atomic E-state index is -0.167. The molecule has 0 spiro atoms. The summed E-state index contributed by atoms with van der Waals surface area (Å²) < 4.78 is 7.31. The average molecular weight is 465 g/mol. The minimum Gasteiger partial charge on any atom is -0.472 e. The van der Waals surface area contributed by atoms with Crippen molar-refractivity contribution in [3.63, 3.8) is 0 Å². The Balaban J connectivity index is 1.43. The van der Waals surface area contributed by atoms with E-state index in [9.17, 15) is 9.59 Å². The van der Waals surface area contributed by atoms with Crippen LogP contribution in [0.25, 0.3) is 23.1 Å². The van der Waals surface area contributed by atoms with E-state index in [2.05, 4.69) is 37.9 Å². The molecule has 5 nitrogen and oxygen atoms in total. The van der Waals surface area contributed by atoms with Crippen LogP contribution < -0.4 is 10.3 Å². The molecule has 0 atom stereocenters. The van der Waals surface area contributed by atoms with Gasteiger partial charge in [-0.25, -0.2) is 4.98 Å². The van der Waals surface area contributed by atoms with Gasteiger partial charge in [-0.05, 0) is 53.0 Å². The fraction of sp³-hybridized carbons (Fsp3) is 0.167. The third kappa shape index (κ3) is 6.01. The number of aromatic nitrogens is 2. The van der Waals surface area contributed by atoms with Crippen LogP contribution in [0.2, 0.25) is 0 Å². The lowest BCUT2D eigenvalue weighted by Gasteiger charge is -2.18. The number of nitrogens with zero attached hydrogens (tertiary/aromatic N) is 2. The van der Waals surface area contributed by atoms with Crippen LogP contribution in [-0.4, -0.2) is 15.3 Å². The van der Waals surface area contributed by atoms with E-state index >= 15 is 0 Å². The molecule has 0 fully saturated rings. The highest BCUT2D eigenvalue weighted by atomic mass is 16.5. The first-order valence-electron chi connectivity index (χ1n) is 11.5. The minimum absolute atomic E-state index is 0.0138. The van der Waals surface area contributed by atoms with Gasteiger partial charge in [0.25, 0.3) is 5.56 Å². The Hall–Kier alpha value is -4.25. The van der Waals surface area contributed by atoms with Crippen molar-refractivity contribution in [2.45, 2.75) is 32.9 Å². The van der Waals surface area contributed by atoms with E-state index in [1.165, 1.54) is 22.5 Å². The molecule has 4 rings (SSSR count). The van der Waals surface area contributed by atoms with Gasteiger partial charge in [0.1, 0.15) is 12.1 Å². The number of ketones is 1. The number of carbonyl (C=O) groups excluding carboxylic acids is 1. The molecule has 0 saturated carbocycles. The Morgan fingerprint density at radius 2 is 1.60 bits per heavy atom. The molecule has 0 radical (unpaired) electrons. The zero-order valence-electron chi connectivity index (χ0n) is 20.1. The molecular formula is C30H28N2O3. The number of fused-ring (bicyclic) bond motifs is 1. The van der Waals surface area contributed by atoms with Crippen LogP contribution in [-0.2, 0) is 16.9 Å². The lowest BCUT2D eigenvalue weighted by molar-refractivity contribution is -0.110. The summed E-state index contributed by atoms with van der Waals surface area (Å²) in [7, 11) is 0. The summed E-state index contributed by atoms with van der Waals surface area (Å²) in [5.41, 5.74) is 3.53. The Morgan fingerprint density at radius 3 is 2.37 bits per heavy atom. The molecule has 0 N–H and O–H groups in total. The summed E-state index contributed by atoms with van der Waals surface area (Å²) in [6, 6.07) is 22.8. The van der Waals surface area contributed by atoms with Crippen LogP contribution in [0.15, 0.2) is 96.1 Å². The van der Waals surface area contributed by atoms with Gasteiger partial charge in [-0.3, -0.25) is 14.2 Å². The molecule has 1 heterocycles. The fourth-order valence-electron chi connectivity index (χ4n) is 3.59. The van der Waals surface area contributed by atoms with Crippen LogP contribution in [0.3, 0.4) is 0 Å². The van der Waals surface area contributed by atoms with E-state index in [0.29, 0.717) is 16.7 Å². The number of hydrogen-bond acceptors (Lipinski definition) is 4. The van der Waals surface area contributed by atoms with E-state index in [1.54, 1.807) is 36.4 Å². The molecule has 0 aliphatic heterocycles. The SMILES string of the molecule is CC(C)(C)c1ccc(/C=C/C(=O)/C=C/c2ccccc2OCn2cnc3ccccc3c2=O)cc1. The molecule has 3 aromatic carbocycles. The molecule has 35 heavy (non-hydrogen) atoms. The smallest absolute Gasteiger partial charge is 0.263 e. The van der Waals surface area contributed by atoms with Crippen molar-refractivity contribution in [3.05, 3.63) is 118 Å². The maximum Gasteiger partial charge on any atom is 0.263 e. The molecule has 0 saturated heterocycles. The largest absolute Gasteiger partial charge is 0.472 e. The summed E-state index contributed by atoms with van der Waals surface area (Å²) in [5.74, 6) is 0.438. The van der Waals surface area contributed by atoms with Crippen molar-refractivity contribution in [3.8, 4) is 5.75 Å². The number of allylic oxidation sites excluding steroid dienone is 2. The van der Waals surface area contributed by atoms with E-state index in [-0.39, 0.29) is 23.5 Å². The van der Waals surface area contributed by atoms with Gasteiger partial charge in [0.2, 0.25) is 0 Å². The second kappa shape index (κ2) is 10.3. The maximum absolute atomic E-state index is 12.7. The Kier molecular flexibility index (Phi) is 7.06. The van der Waals surface area contributed by atoms with Gasteiger partial charge in [0.15, 0.2) is 12.5 Å². The van der Waals surface area contributed by atoms with Crippen LogP contribution in [0.4, 0.5) is 0 Å². The van der Waals surface area contributed by atoms with Crippen LogP contribution in [0, 0.1) is 0 Å². The summed E-state index contributed by atoms with van der Waals surface area (Å²) in [6.07, 6.45) is 8.05. The van der Waals surface area contributed by atoms with Crippen molar-refractivity contribution in [1.82, 2.24) is 9.55 Å². The Bertz CT molecular complexity index is 1460. The maximum atomic E-state index is 12.7. The van der Waals surface area contributed by atoms with E-state index in [1.807, 2.05) is 42.5 Å². The van der Waals surface area contributed by atoms with E-state index in [4.69, 9.17) is 4.74 Å². The number of carbonyl (C=O) groups is 1. The van der Waals surface area contributed by atoms with Crippen molar-refractivity contribution < 1.29 is 9.53 Å². The Morgan fingerprint density at radius 1 is 0.914 bits per heavy atom. The third-order valence-corrected chi connectivity index (χ3v) is 5.65. The molecule has 1 aromatic heterocycles. The van der Waals surface area contributed by atoms with Crippen LogP contribution in [0.5, 0.6) is 5.75 Å². The second-order valence-electron chi connectivity index (χ2n) is 9.29. The van der Waals surface area contributed by atoms with Crippen molar-refractivity contribution >= 4 is 28.8 Å². The number of ether oxygens (including phenoxy) is 1. The van der Waals surface area contributed by atoms with E-state index in [0.717, 1.165) is 11.1 Å². The number of rotatable bonds is 7. The topological polar surface area (TPSA) is 61.2 Å².